The zero-order chi connectivity index (χ0) is 15.4. The quantitative estimate of drug-likeness (QED) is 0.874. The van der Waals surface area contributed by atoms with Crippen molar-refractivity contribution in [1.82, 2.24) is 5.32 Å². The first-order chi connectivity index (χ1) is 9.97. The van der Waals surface area contributed by atoms with Crippen molar-refractivity contribution in [3.63, 3.8) is 0 Å². The van der Waals surface area contributed by atoms with Crippen LogP contribution in [0.5, 0.6) is 5.75 Å². The van der Waals surface area contributed by atoms with Gasteiger partial charge in [0.25, 0.3) is 0 Å². The molecule has 2 rings (SSSR count). The van der Waals surface area contributed by atoms with Crippen molar-refractivity contribution < 1.29 is 13.9 Å². The molecule has 4 heteroatoms. The van der Waals surface area contributed by atoms with E-state index in [4.69, 9.17) is 0 Å². The maximum Gasteiger partial charge on any atom is 0.129 e. The predicted octanol–water partition coefficient (Wildman–Crippen LogP) is 3.95. The standard InChI is InChI=1S/C17H19F2NO/c1-11(10-15-16(18)4-3-5-17(15)19)20-12(2)13-6-8-14(21)9-7-13/h3-9,11-12,20-21H,10H2,1-2H3. The molecule has 2 aromatic rings. The van der Waals surface area contributed by atoms with Gasteiger partial charge in [0.1, 0.15) is 17.4 Å². The Morgan fingerprint density at radius 2 is 1.57 bits per heavy atom. The van der Waals surface area contributed by atoms with Gasteiger partial charge in [-0.05, 0) is 50.1 Å². The summed E-state index contributed by atoms with van der Waals surface area (Å²) in [5.74, 6) is -0.811. The molecule has 112 valence electrons. The van der Waals surface area contributed by atoms with Gasteiger partial charge in [-0.2, -0.15) is 0 Å². The van der Waals surface area contributed by atoms with Crippen LogP contribution in [0.25, 0.3) is 0 Å². The third kappa shape index (κ3) is 4.02. The van der Waals surface area contributed by atoms with Gasteiger partial charge in [0.05, 0.1) is 0 Å². The molecule has 0 bridgehead atoms. The fourth-order valence-electron chi connectivity index (χ4n) is 2.38. The average molecular weight is 291 g/mol. The van der Waals surface area contributed by atoms with Crippen LogP contribution in [-0.4, -0.2) is 11.1 Å². The van der Waals surface area contributed by atoms with Crippen LogP contribution in [0.2, 0.25) is 0 Å². The lowest BCUT2D eigenvalue weighted by molar-refractivity contribution is 0.455. The molecule has 0 amide bonds. The Kier molecular flexibility index (Phi) is 4.91. The first-order valence-electron chi connectivity index (χ1n) is 6.95. The summed E-state index contributed by atoms with van der Waals surface area (Å²) in [6, 6.07) is 10.7. The van der Waals surface area contributed by atoms with E-state index in [0.29, 0.717) is 0 Å². The maximum atomic E-state index is 13.6. The Labute approximate surface area is 123 Å². The SMILES string of the molecule is CC(Cc1c(F)cccc1F)NC(C)c1ccc(O)cc1. The van der Waals surface area contributed by atoms with Crippen molar-refractivity contribution in [3.8, 4) is 5.75 Å². The number of nitrogens with one attached hydrogen (secondary N) is 1. The number of hydrogen-bond acceptors (Lipinski definition) is 2. The molecule has 0 fully saturated rings. The van der Waals surface area contributed by atoms with Crippen LogP contribution in [-0.2, 0) is 6.42 Å². The van der Waals surface area contributed by atoms with E-state index < -0.39 is 11.6 Å². The minimum Gasteiger partial charge on any atom is -0.508 e. The summed E-state index contributed by atoms with van der Waals surface area (Å²) >= 11 is 0. The van der Waals surface area contributed by atoms with Gasteiger partial charge in [0.15, 0.2) is 0 Å². The Balaban J connectivity index is 2.01. The number of phenols is 1. The highest BCUT2D eigenvalue weighted by atomic mass is 19.1. The number of hydrogen-bond donors (Lipinski definition) is 2. The summed E-state index contributed by atoms with van der Waals surface area (Å²) < 4.78 is 27.2. The lowest BCUT2D eigenvalue weighted by atomic mass is 10.0. The molecule has 21 heavy (non-hydrogen) atoms. The smallest absolute Gasteiger partial charge is 0.129 e. The van der Waals surface area contributed by atoms with Gasteiger partial charge in [-0.3, -0.25) is 0 Å². The third-order valence-electron chi connectivity index (χ3n) is 3.50. The summed E-state index contributed by atoms with van der Waals surface area (Å²) in [6.45, 7) is 3.86. The summed E-state index contributed by atoms with van der Waals surface area (Å²) in [7, 11) is 0. The van der Waals surface area contributed by atoms with Crippen molar-refractivity contribution in [1.29, 1.82) is 0 Å². The summed E-state index contributed by atoms with van der Waals surface area (Å²) in [5.41, 5.74) is 1.11. The Morgan fingerprint density at radius 1 is 1.00 bits per heavy atom. The van der Waals surface area contributed by atoms with E-state index in [1.54, 1.807) is 12.1 Å². The van der Waals surface area contributed by atoms with Crippen molar-refractivity contribution in [2.45, 2.75) is 32.4 Å². The Hall–Kier alpha value is -1.94. The van der Waals surface area contributed by atoms with Crippen LogP contribution in [0.3, 0.4) is 0 Å². The molecule has 0 aromatic heterocycles. The fraction of sp³-hybridized carbons (Fsp3) is 0.294. The van der Waals surface area contributed by atoms with Gasteiger partial charge >= 0.3 is 0 Å². The van der Waals surface area contributed by atoms with Crippen LogP contribution in [0.15, 0.2) is 42.5 Å². The van der Waals surface area contributed by atoms with E-state index in [0.717, 1.165) is 5.56 Å². The number of benzene rings is 2. The van der Waals surface area contributed by atoms with Crippen molar-refractivity contribution >= 4 is 0 Å². The largest absolute Gasteiger partial charge is 0.508 e. The highest BCUT2D eigenvalue weighted by Gasteiger charge is 2.15. The lowest BCUT2D eigenvalue weighted by Gasteiger charge is -2.21. The first kappa shape index (κ1) is 15.4. The maximum absolute atomic E-state index is 13.6. The van der Waals surface area contributed by atoms with Crippen LogP contribution in [0.1, 0.15) is 31.0 Å². The van der Waals surface area contributed by atoms with Crippen LogP contribution in [0.4, 0.5) is 8.78 Å². The second-order valence-electron chi connectivity index (χ2n) is 5.29. The molecule has 0 aliphatic rings. The zero-order valence-corrected chi connectivity index (χ0v) is 12.1. The minimum atomic E-state index is -0.513. The van der Waals surface area contributed by atoms with Gasteiger partial charge in [-0.25, -0.2) is 8.78 Å². The number of halogens is 2. The van der Waals surface area contributed by atoms with Crippen molar-refractivity contribution in [2.24, 2.45) is 0 Å². The molecule has 0 radical (unpaired) electrons. The van der Waals surface area contributed by atoms with Crippen LogP contribution < -0.4 is 5.32 Å². The van der Waals surface area contributed by atoms with Gasteiger partial charge in [0.2, 0.25) is 0 Å². The predicted molar refractivity (Wildman–Crippen MR) is 79.2 cm³/mol. The number of phenolic OH excluding ortho intramolecular Hbond substituents is 1. The van der Waals surface area contributed by atoms with E-state index >= 15 is 0 Å². The van der Waals surface area contributed by atoms with E-state index in [9.17, 15) is 13.9 Å². The Bertz CT molecular complexity index is 578. The normalized spacial score (nSPS) is 13.9. The monoisotopic (exact) mass is 291 g/mol. The second kappa shape index (κ2) is 6.68. The molecule has 0 saturated heterocycles. The van der Waals surface area contributed by atoms with Crippen LogP contribution >= 0.6 is 0 Å². The molecule has 2 aromatic carbocycles. The molecule has 2 N–H and O–H groups in total. The fourth-order valence-corrected chi connectivity index (χ4v) is 2.38. The van der Waals surface area contributed by atoms with E-state index in [2.05, 4.69) is 5.32 Å². The molecule has 0 saturated carbocycles. The highest BCUT2D eigenvalue weighted by molar-refractivity contribution is 5.28. The van der Waals surface area contributed by atoms with Gasteiger partial charge in [-0.1, -0.05) is 18.2 Å². The summed E-state index contributed by atoms with van der Waals surface area (Å²) in [5, 5.41) is 12.6. The molecule has 2 nitrogen and oxygen atoms in total. The summed E-state index contributed by atoms with van der Waals surface area (Å²) in [6.07, 6.45) is 0.279. The number of aromatic hydroxyl groups is 1. The zero-order valence-electron chi connectivity index (χ0n) is 12.1. The number of rotatable bonds is 5. The van der Waals surface area contributed by atoms with Gasteiger partial charge in [-0.15, -0.1) is 0 Å². The van der Waals surface area contributed by atoms with E-state index in [-0.39, 0.29) is 29.8 Å². The molecular weight excluding hydrogens is 272 g/mol. The van der Waals surface area contributed by atoms with E-state index in [1.807, 2.05) is 26.0 Å². The van der Waals surface area contributed by atoms with Crippen molar-refractivity contribution in [2.75, 3.05) is 0 Å². The lowest BCUT2D eigenvalue weighted by Crippen LogP contribution is -2.31. The summed E-state index contributed by atoms with van der Waals surface area (Å²) in [4.78, 5) is 0. The molecule has 0 heterocycles. The Morgan fingerprint density at radius 3 is 2.14 bits per heavy atom. The molecule has 0 spiro atoms. The van der Waals surface area contributed by atoms with Gasteiger partial charge in [0, 0.05) is 17.6 Å². The highest BCUT2D eigenvalue weighted by Crippen LogP contribution is 2.19. The molecular formula is C17H19F2NO. The van der Waals surface area contributed by atoms with E-state index in [1.165, 1.54) is 18.2 Å². The van der Waals surface area contributed by atoms with Crippen molar-refractivity contribution in [3.05, 3.63) is 65.2 Å². The molecule has 0 aliphatic heterocycles. The first-order valence-corrected chi connectivity index (χ1v) is 6.95. The molecule has 0 aliphatic carbocycles. The molecule has 2 atom stereocenters. The minimum absolute atomic E-state index is 0.0236. The van der Waals surface area contributed by atoms with Gasteiger partial charge < -0.3 is 10.4 Å². The third-order valence-corrected chi connectivity index (χ3v) is 3.50. The second-order valence-corrected chi connectivity index (χ2v) is 5.29. The topological polar surface area (TPSA) is 32.3 Å². The molecule has 2 unspecified atom stereocenters. The average Bonchev–Trinajstić information content (AvgIpc) is 2.43. The van der Waals surface area contributed by atoms with Crippen LogP contribution in [0, 0.1) is 11.6 Å².